The standard InChI is InChI=1S/C38H45N3O4S/c1-27-13-18-32(19-14-27)25-40(35(37(43)39-38(5,6)7)24-31-11-9-8-10-12-31)36(42)26-41(33-20-17-29(3)30(4)23-33)46(44,45)34-21-15-28(2)16-22-34/h8-23,35H,24-26H2,1-7H3,(H,39,43)/t35-/m1/s1. The monoisotopic (exact) mass is 639 g/mol. The van der Waals surface area contributed by atoms with Crippen LogP contribution in [0.15, 0.2) is 102 Å². The number of nitrogens with zero attached hydrogens (tertiary/aromatic N) is 2. The van der Waals surface area contributed by atoms with E-state index < -0.39 is 34.1 Å². The van der Waals surface area contributed by atoms with Gasteiger partial charge in [-0.3, -0.25) is 13.9 Å². The minimum atomic E-state index is -4.16. The molecule has 1 N–H and O–H groups in total. The lowest BCUT2D eigenvalue weighted by molar-refractivity contribution is -0.140. The van der Waals surface area contributed by atoms with E-state index in [2.05, 4.69) is 5.32 Å². The highest BCUT2D eigenvalue weighted by molar-refractivity contribution is 7.92. The third-order valence-electron chi connectivity index (χ3n) is 7.91. The van der Waals surface area contributed by atoms with E-state index in [1.54, 1.807) is 36.4 Å². The molecular weight excluding hydrogens is 595 g/mol. The van der Waals surface area contributed by atoms with Gasteiger partial charge < -0.3 is 10.2 Å². The Hall–Kier alpha value is -4.43. The summed E-state index contributed by atoms with van der Waals surface area (Å²) < 4.78 is 29.7. The van der Waals surface area contributed by atoms with Gasteiger partial charge >= 0.3 is 0 Å². The summed E-state index contributed by atoms with van der Waals surface area (Å²) in [6.07, 6.45) is 0.259. The Balaban J connectivity index is 1.83. The molecule has 4 aromatic carbocycles. The molecule has 0 spiro atoms. The number of carbonyl (C=O) groups excluding carboxylic acids is 2. The van der Waals surface area contributed by atoms with E-state index in [0.29, 0.717) is 5.69 Å². The first-order valence-corrected chi connectivity index (χ1v) is 17.0. The Morgan fingerprint density at radius 3 is 1.89 bits per heavy atom. The van der Waals surface area contributed by atoms with E-state index in [4.69, 9.17) is 0 Å². The molecule has 0 aliphatic carbocycles. The van der Waals surface area contributed by atoms with Gasteiger partial charge in [0.15, 0.2) is 0 Å². The molecule has 8 heteroatoms. The zero-order valence-corrected chi connectivity index (χ0v) is 28.7. The van der Waals surface area contributed by atoms with Crippen molar-refractivity contribution < 1.29 is 18.0 Å². The third kappa shape index (κ3) is 8.85. The van der Waals surface area contributed by atoms with Crippen LogP contribution in [0.2, 0.25) is 0 Å². The molecule has 7 nitrogen and oxygen atoms in total. The molecule has 0 radical (unpaired) electrons. The number of rotatable bonds is 11. The van der Waals surface area contributed by atoms with Crippen LogP contribution in [0.3, 0.4) is 0 Å². The Kier molecular flexibility index (Phi) is 10.7. The van der Waals surface area contributed by atoms with Gasteiger partial charge in [0.2, 0.25) is 11.8 Å². The molecule has 2 amide bonds. The summed E-state index contributed by atoms with van der Waals surface area (Å²) in [5.74, 6) is -0.796. The molecule has 0 saturated carbocycles. The van der Waals surface area contributed by atoms with E-state index in [0.717, 1.165) is 37.7 Å². The Morgan fingerprint density at radius 1 is 0.739 bits per heavy atom. The van der Waals surface area contributed by atoms with Gasteiger partial charge in [0.25, 0.3) is 10.0 Å². The normalized spacial score (nSPS) is 12.3. The highest BCUT2D eigenvalue weighted by Gasteiger charge is 2.35. The summed E-state index contributed by atoms with van der Waals surface area (Å²) in [4.78, 5) is 30.2. The summed E-state index contributed by atoms with van der Waals surface area (Å²) in [6.45, 7) is 13.1. The molecule has 0 aromatic heterocycles. The van der Waals surface area contributed by atoms with E-state index >= 15 is 0 Å². The maximum absolute atomic E-state index is 14.6. The molecule has 4 rings (SSSR count). The molecule has 1 atom stereocenters. The fourth-order valence-corrected chi connectivity index (χ4v) is 6.55. The van der Waals surface area contributed by atoms with E-state index in [1.807, 2.05) is 109 Å². The number of hydrogen-bond acceptors (Lipinski definition) is 4. The highest BCUT2D eigenvalue weighted by atomic mass is 32.2. The second kappa shape index (κ2) is 14.3. The van der Waals surface area contributed by atoms with Crippen LogP contribution < -0.4 is 9.62 Å². The van der Waals surface area contributed by atoms with Gasteiger partial charge in [-0.15, -0.1) is 0 Å². The lowest BCUT2D eigenvalue weighted by Crippen LogP contribution is -2.56. The summed E-state index contributed by atoms with van der Waals surface area (Å²) in [6, 6.07) is 28.4. The highest BCUT2D eigenvalue weighted by Crippen LogP contribution is 2.27. The largest absolute Gasteiger partial charge is 0.350 e. The van der Waals surface area contributed by atoms with Crippen LogP contribution in [0.5, 0.6) is 0 Å². The van der Waals surface area contributed by atoms with Crippen LogP contribution in [-0.4, -0.2) is 43.3 Å². The smallest absolute Gasteiger partial charge is 0.264 e. The van der Waals surface area contributed by atoms with Crippen LogP contribution in [-0.2, 0) is 32.6 Å². The molecule has 242 valence electrons. The first-order chi connectivity index (χ1) is 21.6. The third-order valence-corrected chi connectivity index (χ3v) is 9.70. The van der Waals surface area contributed by atoms with Crippen LogP contribution >= 0.6 is 0 Å². The number of benzene rings is 4. The summed E-state index contributed by atoms with van der Waals surface area (Å²) in [7, 11) is -4.16. The SMILES string of the molecule is Cc1ccc(CN(C(=O)CN(c2ccc(C)c(C)c2)S(=O)(=O)c2ccc(C)cc2)[C@H](Cc2ccccc2)C(=O)NC(C)(C)C)cc1. The van der Waals surface area contributed by atoms with E-state index in [9.17, 15) is 18.0 Å². The fourth-order valence-electron chi connectivity index (χ4n) is 5.14. The molecule has 4 aromatic rings. The lowest BCUT2D eigenvalue weighted by atomic mass is 10.0. The second-order valence-corrected chi connectivity index (χ2v) is 14.9. The van der Waals surface area contributed by atoms with Crippen molar-refractivity contribution in [2.75, 3.05) is 10.8 Å². The van der Waals surface area contributed by atoms with Gasteiger partial charge in [-0.05, 0) is 95.0 Å². The molecule has 0 unspecified atom stereocenters. The van der Waals surface area contributed by atoms with E-state index in [1.165, 1.54) is 4.90 Å². The van der Waals surface area contributed by atoms with Crippen molar-refractivity contribution in [3.63, 3.8) is 0 Å². The van der Waals surface area contributed by atoms with Crippen molar-refractivity contribution in [3.05, 3.63) is 130 Å². The Labute approximate surface area is 274 Å². The number of nitrogens with one attached hydrogen (secondary N) is 1. The summed E-state index contributed by atoms with van der Waals surface area (Å²) in [5.41, 5.74) is 5.44. The Bertz CT molecular complexity index is 1760. The molecule has 0 fully saturated rings. The minimum absolute atomic E-state index is 0.0838. The van der Waals surface area contributed by atoms with Gasteiger partial charge in [0, 0.05) is 18.5 Å². The van der Waals surface area contributed by atoms with Crippen molar-refractivity contribution in [3.8, 4) is 0 Å². The van der Waals surface area contributed by atoms with Crippen LogP contribution in [0.4, 0.5) is 5.69 Å². The molecular formula is C38H45N3O4S. The summed E-state index contributed by atoms with van der Waals surface area (Å²) in [5, 5.41) is 3.07. The predicted molar refractivity (Wildman–Crippen MR) is 185 cm³/mol. The van der Waals surface area contributed by atoms with Crippen molar-refractivity contribution in [2.45, 2.75) is 77.9 Å². The van der Waals surface area contributed by atoms with Crippen molar-refractivity contribution in [2.24, 2.45) is 0 Å². The number of anilines is 1. The number of carbonyl (C=O) groups is 2. The first kappa shape index (κ1) is 34.4. The number of sulfonamides is 1. The number of aryl methyl sites for hydroxylation is 4. The predicted octanol–water partition coefficient (Wildman–Crippen LogP) is 6.67. The average molecular weight is 640 g/mol. The van der Waals surface area contributed by atoms with Crippen molar-refractivity contribution >= 4 is 27.5 Å². The molecule has 0 aliphatic heterocycles. The zero-order chi connectivity index (χ0) is 33.6. The van der Waals surface area contributed by atoms with Crippen molar-refractivity contribution in [1.29, 1.82) is 0 Å². The zero-order valence-electron chi connectivity index (χ0n) is 27.9. The van der Waals surface area contributed by atoms with Gasteiger partial charge in [0.05, 0.1) is 10.6 Å². The van der Waals surface area contributed by atoms with Crippen LogP contribution in [0.25, 0.3) is 0 Å². The number of amides is 2. The van der Waals surface area contributed by atoms with Crippen LogP contribution in [0.1, 0.15) is 54.2 Å². The minimum Gasteiger partial charge on any atom is -0.350 e. The molecule has 0 aliphatic rings. The van der Waals surface area contributed by atoms with Gasteiger partial charge in [-0.25, -0.2) is 8.42 Å². The molecule has 46 heavy (non-hydrogen) atoms. The topological polar surface area (TPSA) is 86.8 Å². The van der Waals surface area contributed by atoms with Gasteiger partial charge in [-0.1, -0.05) is 83.9 Å². The molecule has 0 saturated heterocycles. The maximum atomic E-state index is 14.6. The quantitative estimate of drug-likeness (QED) is 0.199. The van der Waals surface area contributed by atoms with Gasteiger partial charge in [0.1, 0.15) is 12.6 Å². The number of hydrogen-bond donors (Lipinski definition) is 1. The van der Waals surface area contributed by atoms with Gasteiger partial charge in [-0.2, -0.15) is 0 Å². The molecule has 0 heterocycles. The second-order valence-electron chi connectivity index (χ2n) is 13.0. The average Bonchev–Trinajstić information content (AvgIpc) is 2.99. The summed E-state index contributed by atoms with van der Waals surface area (Å²) >= 11 is 0. The maximum Gasteiger partial charge on any atom is 0.264 e. The van der Waals surface area contributed by atoms with E-state index in [-0.39, 0.29) is 23.8 Å². The molecule has 0 bridgehead atoms. The van der Waals surface area contributed by atoms with Crippen molar-refractivity contribution in [1.82, 2.24) is 10.2 Å². The first-order valence-electron chi connectivity index (χ1n) is 15.5. The fraction of sp³-hybridized carbons (Fsp3) is 0.316. The van der Waals surface area contributed by atoms with Crippen LogP contribution in [0, 0.1) is 27.7 Å². The lowest BCUT2D eigenvalue weighted by Gasteiger charge is -2.35. The Morgan fingerprint density at radius 2 is 1.33 bits per heavy atom.